The Labute approximate surface area is 120 Å². The van der Waals surface area contributed by atoms with Gasteiger partial charge >= 0.3 is 0 Å². The highest BCUT2D eigenvalue weighted by molar-refractivity contribution is 7.91. The molecule has 0 saturated heterocycles. The van der Waals surface area contributed by atoms with E-state index in [9.17, 15) is 8.42 Å². The third-order valence-corrected chi connectivity index (χ3v) is 4.63. The maximum atomic E-state index is 11.3. The number of halogens is 1. The number of benzene rings is 1. The molecule has 0 bridgehead atoms. The summed E-state index contributed by atoms with van der Waals surface area (Å²) in [6.45, 7) is 5.43. The molecule has 0 aromatic heterocycles. The largest absolute Gasteiger partial charge is 0.491 e. The number of hydrogen-bond donors (Lipinski definition) is 1. The summed E-state index contributed by atoms with van der Waals surface area (Å²) in [6, 6.07) is 5.51. The van der Waals surface area contributed by atoms with E-state index in [1.165, 1.54) is 0 Å². The number of rotatable bonds is 8. The van der Waals surface area contributed by atoms with Crippen LogP contribution in [0.1, 0.15) is 19.4 Å². The number of nitrogens with one attached hydrogen (secondary N) is 1. The molecule has 4 nitrogen and oxygen atoms in total. The standard InChI is InChI=1S/C13H20ClNO3S/c1-3-15-10-11-5-6-13(12(14)9-11)18-7-8-19(16,17)4-2/h5-6,9,15H,3-4,7-8,10H2,1-2H3. The lowest BCUT2D eigenvalue weighted by atomic mass is 10.2. The van der Waals surface area contributed by atoms with Crippen molar-refractivity contribution in [3.05, 3.63) is 28.8 Å². The van der Waals surface area contributed by atoms with Crippen molar-refractivity contribution >= 4 is 21.4 Å². The molecule has 1 N–H and O–H groups in total. The van der Waals surface area contributed by atoms with Crippen LogP contribution in [0.5, 0.6) is 5.75 Å². The molecule has 1 rings (SSSR count). The van der Waals surface area contributed by atoms with Crippen LogP contribution in [0.3, 0.4) is 0 Å². The zero-order valence-electron chi connectivity index (χ0n) is 11.3. The second-order valence-electron chi connectivity index (χ2n) is 4.13. The normalized spacial score (nSPS) is 11.5. The fourth-order valence-electron chi connectivity index (χ4n) is 1.46. The molecule has 108 valence electrons. The van der Waals surface area contributed by atoms with Gasteiger partial charge in [0, 0.05) is 12.3 Å². The van der Waals surface area contributed by atoms with Crippen molar-refractivity contribution in [1.29, 1.82) is 0 Å². The molecule has 1 aromatic carbocycles. The maximum absolute atomic E-state index is 11.3. The Balaban J connectivity index is 2.55. The zero-order chi connectivity index (χ0) is 14.3. The van der Waals surface area contributed by atoms with Crippen LogP contribution in [-0.4, -0.2) is 33.1 Å². The highest BCUT2D eigenvalue weighted by atomic mass is 35.5. The first kappa shape index (κ1) is 16.3. The van der Waals surface area contributed by atoms with Crippen LogP contribution < -0.4 is 10.1 Å². The van der Waals surface area contributed by atoms with E-state index in [1.807, 2.05) is 19.1 Å². The summed E-state index contributed by atoms with van der Waals surface area (Å²) < 4.78 is 28.1. The third kappa shape index (κ3) is 5.80. The van der Waals surface area contributed by atoms with Crippen molar-refractivity contribution in [1.82, 2.24) is 5.32 Å². The van der Waals surface area contributed by atoms with E-state index >= 15 is 0 Å². The van der Waals surface area contributed by atoms with Gasteiger partial charge in [-0.3, -0.25) is 0 Å². The van der Waals surface area contributed by atoms with Gasteiger partial charge in [0.15, 0.2) is 9.84 Å². The molecule has 0 saturated carbocycles. The van der Waals surface area contributed by atoms with E-state index in [0.717, 1.165) is 18.7 Å². The minimum Gasteiger partial charge on any atom is -0.491 e. The first-order valence-corrected chi connectivity index (χ1v) is 8.50. The van der Waals surface area contributed by atoms with Crippen LogP contribution in [0.15, 0.2) is 18.2 Å². The molecule has 0 unspecified atom stereocenters. The van der Waals surface area contributed by atoms with Crippen molar-refractivity contribution in [2.24, 2.45) is 0 Å². The summed E-state index contributed by atoms with van der Waals surface area (Å²) in [5.74, 6) is 0.665. The lowest BCUT2D eigenvalue weighted by molar-refractivity contribution is 0.341. The van der Waals surface area contributed by atoms with Crippen LogP contribution in [-0.2, 0) is 16.4 Å². The molecule has 0 radical (unpaired) electrons. The molecule has 0 fully saturated rings. The summed E-state index contributed by atoms with van der Waals surface area (Å²) >= 11 is 6.09. The molecule has 0 aliphatic rings. The Morgan fingerprint density at radius 1 is 1.32 bits per heavy atom. The average Bonchev–Trinajstić information content (AvgIpc) is 2.38. The fourth-order valence-corrected chi connectivity index (χ4v) is 2.35. The summed E-state index contributed by atoms with van der Waals surface area (Å²) in [4.78, 5) is 0. The molecule has 19 heavy (non-hydrogen) atoms. The Hall–Kier alpha value is -0.780. The number of hydrogen-bond acceptors (Lipinski definition) is 4. The zero-order valence-corrected chi connectivity index (χ0v) is 12.9. The van der Waals surface area contributed by atoms with Crippen molar-refractivity contribution in [2.45, 2.75) is 20.4 Å². The first-order valence-electron chi connectivity index (χ1n) is 6.31. The maximum Gasteiger partial charge on any atom is 0.153 e. The van der Waals surface area contributed by atoms with Gasteiger partial charge in [0.2, 0.25) is 0 Å². The Morgan fingerprint density at radius 2 is 2.05 bits per heavy atom. The number of sulfone groups is 1. The van der Waals surface area contributed by atoms with Crippen LogP contribution in [0.2, 0.25) is 5.02 Å². The summed E-state index contributed by atoms with van der Waals surface area (Å²) in [5.41, 5.74) is 1.07. The lowest BCUT2D eigenvalue weighted by Gasteiger charge is -2.10. The van der Waals surface area contributed by atoms with Gasteiger partial charge in [-0.2, -0.15) is 0 Å². The second kappa shape index (κ2) is 7.72. The third-order valence-electron chi connectivity index (χ3n) is 2.67. The SMILES string of the molecule is CCNCc1ccc(OCCS(=O)(=O)CC)c(Cl)c1. The van der Waals surface area contributed by atoms with E-state index < -0.39 is 9.84 Å². The molecule has 6 heteroatoms. The molecule has 1 aromatic rings. The van der Waals surface area contributed by atoms with Crippen LogP contribution in [0.25, 0.3) is 0 Å². The van der Waals surface area contributed by atoms with E-state index in [2.05, 4.69) is 5.32 Å². The van der Waals surface area contributed by atoms with Gasteiger partial charge in [0.25, 0.3) is 0 Å². The van der Waals surface area contributed by atoms with Crippen LogP contribution >= 0.6 is 11.6 Å². The van der Waals surface area contributed by atoms with E-state index in [1.54, 1.807) is 13.0 Å². The van der Waals surface area contributed by atoms with E-state index in [-0.39, 0.29) is 18.1 Å². The predicted octanol–water partition coefficient (Wildman–Crippen LogP) is 2.26. The summed E-state index contributed by atoms with van der Waals surface area (Å²) in [6.07, 6.45) is 0. The summed E-state index contributed by atoms with van der Waals surface area (Å²) in [5, 5.41) is 3.71. The van der Waals surface area contributed by atoms with Gasteiger partial charge in [-0.1, -0.05) is 31.5 Å². The second-order valence-corrected chi connectivity index (χ2v) is 7.01. The minimum absolute atomic E-state index is 0.0129. The van der Waals surface area contributed by atoms with Gasteiger partial charge in [-0.05, 0) is 24.2 Å². The smallest absolute Gasteiger partial charge is 0.153 e. The first-order chi connectivity index (χ1) is 8.98. The fraction of sp³-hybridized carbons (Fsp3) is 0.538. The van der Waals surface area contributed by atoms with Crippen molar-refractivity contribution in [3.63, 3.8) is 0 Å². The number of ether oxygens (including phenoxy) is 1. The molecule has 0 spiro atoms. The topological polar surface area (TPSA) is 55.4 Å². The minimum atomic E-state index is -3.00. The average molecular weight is 306 g/mol. The van der Waals surface area contributed by atoms with Gasteiger partial charge < -0.3 is 10.1 Å². The molecular weight excluding hydrogens is 286 g/mol. The Kier molecular flexibility index (Phi) is 6.62. The van der Waals surface area contributed by atoms with Gasteiger partial charge in [-0.25, -0.2) is 8.42 Å². The summed E-state index contributed by atoms with van der Waals surface area (Å²) in [7, 11) is -3.00. The van der Waals surface area contributed by atoms with Crippen molar-refractivity contribution in [2.75, 3.05) is 24.7 Å². The quantitative estimate of drug-likeness (QED) is 0.800. The van der Waals surface area contributed by atoms with E-state index in [4.69, 9.17) is 16.3 Å². The lowest BCUT2D eigenvalue weighted by Crippen LogP contribution is -2.15. The monoisotopic (exact) mass is 305 g/mol. The van der Waals surface area contributed by atoms with Gasteiger partial charge in [-0.15, -0.1) is 0 Å². The van der Waals surface area contributed by atoms with Gasteiger partial charge in [0.05, 0.1) is 10.8 Å². The molecule has 0 heterocycles. The Morgan fingerprint density at radius 3 is 2.63 bits per heavy atom. The van der Waals surface area contributed by atoms with Crippen molar-refractivity contribution in [3.8, 4) is 5.75 Å². The van der Waals surface area contributed by atoms with E-state index in [0.29, 0.717) is 10.8 Å². The Bertz CT molecular complexity index is 503. The molecule has 0 amide bonds. The van der Waals surface area contributed by atoms with Crippen LogP contribution in [0.4, 0.5) is 0 Å². The molecule has 0 aliphatic carbocycles. The van der Waals surface area contributed by atoms with Gasteiger partial charge in [0.1, 0.15) is 12.4 Å². The highest BCUT2D eigenvalue weighted by Crippen LogP contribution is 2.25. The highest BCUT2D eigenvalue weighted by Gasteiger charge is 2.09. The molecule has 0 atom stereocenters. The van der Waals surface area contributed by atoms with Crippen LogP contribution in [0, 0.1) is 0 Å². The molecule has 0 aliphatic heterocycles. The predicted molar refractivity (Wildman–Crippen MR) is 78.7 cm³/mol. The van der Waals surface area contributed by atoms with Crippen molar-refractivity contribution < 1.29 is 13.2 Å². The molecular formula is C13H20ClNO3S.